The summed E-state index contributed by atoms with van der Waals surface area (Å²) in [7, 11) is 0. The van der Waals surface area contributed by atoms with Gasteiger partial charge in [0.05, 0.1) is 17.3 Å². The number of aromatic nitrogens is 1. The second-order valence-electron chi connectivity index (χ2n) is 5.06. The van der Waals surface area contributed by atoms with Crippen molar-refractivity contribution in [2.24, 2.45) is 0 Å². The monoisotopic (exact) mass is 263 g/mol. The average molecular weight is 263 g/mol. The van der Waals surface area contributed by atoms with Crippen molar-refractivity contribution in [3.8, 4) is 17.0 Å². The largest absolute Gasteiger partial charge is 0.490 e. The highest BCUT2D eigenvalue weighted by Gasteiger charge is 2.09. The predicted molar refractivity (Wildman–Crippen MR) is 82.9 cm³/mol. The molecule has 0 amide bonds. The van der Waals surface area contributed by atoms with Crippen LogP contribution in [0.1, 0.15) is 13.8 Å². The lowest BCUT2D eigenvalue weighted by Crippen LogP contribution is -2.06. The average Bonchev–Trinajstić information content (AvgIpc) is 2.47. The zero-order valence-corrected chi connectivity index (χ0v) is 11.7. The summed E-state index contributed by atoms with van der Waals surface area (Å²) in [4.78, 5) is 4.73. The van der Waals surface area contributed by atoms with Crippen molar-refractivity contribution in [2.45, 2.75) is 20.0 Å². The second-order valence-corrected chi connectivity index (χ2v) is 5.06. The van der Waals surface area contributed by atoms with Gasteiger partial charge in [0.1, 0.15) is 5.75 Å². The molecule has 20 heavy (non-hydrogen) atoms. The fourth-order valence-corrected chi connectivity index (χ4v) is 2.25. The maximum Gasteiger partial charge on any atom is 0.131 e. The summed E-state index contributed by atoms with van der Waals surface area (Å²) in [5.41, 5.74) is 3.01. The molecule has 1 heterocycles. The lowest BCUT2D eigenvalue weighted by atomic mass is 10.1. The van der Waals surface area contributed by atoms with Crippen LogP contribution in [-0.4, -0.2) is 11.1 Å². The summed E-state index contributed by atoms with van der Waals surface area (Å²) in [6.45, 7) is 4.08. The van der Waals surface area contributed by atoms with Gasteiger partial charge in [-0.25, -0.2) is 4.98 Å². The summed E-state index contributed by atoms with van der Waals surface area (Å²) in [5.74, 6) is 0.893. The van der Waals surface area contributed by atoms with Crippen LogP contribution in [0, 0.1) is 0 Å². The van der Waals surface area contributed by atoms with Crippen molar-refractivity contribution in [2.75, 3.05) is 0 Å². The Hall–Kier alpha value is -2.35. The molecule has 2 heteroatoms. The van der Waals surface area contributed by atoms with E-state index in [0.29, 0.717) is 0 Å². The molecule has 0 unspecified atom stereocenters. The minimum Gasteiger partial charge on any atom is -0.490 e. The Morgan fingerprint density at radius 2 is 1.60 bits per heavy atom. The quantitative estimate of drug-likeness (QED) is 0.684. The SMILES string of the molecule is CC(C)Oc1cc(-c2ccccc2)nc2ccccc12. The molecule has 0 bridgehead atoms. The normalized spacial score (nSPS) is 10.9. The molecule has 0 saturated carbocycles. The molecule has 100 valence electrons. The van der Waals surface area contributed by atoms with Gasteiger partial charge in [0.25, 0.3) is 0 Å². The van der Waals surface area contributed by atoms with Gasteiger partial charge in [-0.3, -0.25) is 0 Å². The maximum atomic E-state index is 5.95. The Bertz CT molecular complexity index is 720. The molecule has 0 aliphatic heterocycles. The summed E-state index contributed by atoms with van der Waals surface area (Å²) in [5, 5.41) is 1.06. The number of pyridine rings is 1. The number of hydrogen-bond acceptors (Lipinski definition) is 2. The Morgan fingerprint density at radius 3 is 2.35 bits per heavy atom. The van der Waals surface area contributed by atoms with Crippen molar-refractivity contribution in [1.82, 2.24) is 4.98 Å². The fourth-order valence-electron chi connectivity index (χ4n) is 2.25. The van der Waals surface area contributed by atoms with Crippen molar-refractivity contribution in [3.05, 3.63) is 60.7 Å². The van der Waals surface area contributed by atoms with E-state index in [-0.39, 0.29) is 6.10 Å². The predicted octanol–water partition coefficient (Wildman–Crippen LogP) is 4.69. The second kappa shape index (κ2) is 5.33. The molecule has 0 fully saturated rings. The third-order valence-corrected chi connectivity index (χ3v) is 3.11. The maximum absolute atomic E-state index is 5.95. The molecule has 0 N–H and O–H groups in total. The van der Waals surface area contributed by atoms with Gasteiger partial charge in [0, 0.05) is 17.0 Å². The van der Waals surface area contributed by atoms with Gasteiger partial charge in [-0.15, -0.1) is 0 Å². The topological polar surface area (TPSA) is 22.1 Å². The highest BCUT2D eigenvalue weighted by Crippen LogP contribution is 2.30. The first-order valence-corrected chi connectivity index (χ1v) is 6.86. The summed E-state index contributed by atoms with van der Waals surface area (Å²) in [6.07, 6.45) is 0.143. The van der Waals surface area contributed by atoms with Crippen LogP contribution in [0.5, 0.6) is 5.75 Å². The number of ether oxygens (including phenoxy) is 1. The molecule has 2 nitrogen and oxygen atoms in total. The zero-order chi connectivity index (χ0) is 13.9. The number of benzene rings is 2. The van der Waals surface area contributed by atoms with Gasteiger partial charge in [0.15, 0.2) is 0 Å². The number of rotatable bonds is 3. The minimum atomic E-state index is 0.143. The van der Waals surface area contributed by atoms with Crippen LogP contribution >= 0.6 is 0 Å². The van der Waals surface area contributed by atoms with Gasteiger partial charge in [0.2, 0.25) is 0 Å². The first kappa shape index (κ1) is 12.7. The van der Waals surface area contributed by atoms with Crippen LogP contribution in [-0.2, 0) is 0 Å². The Morgan fingerprint density at radius 1 is 0.900 bits per heavy atom. The van der Waals surface area contributed by atoms with Gasteiger partial charge in [-0.2, -0.15) is 0 Å². The van der Waals surface area contributed by atoms with Crippen LogP contribution in [0.3, 0.4) is 0 Å². The third-order valence-electron chi connectivity index (χ3n) is 3.11. The molecular formula is C18H17NO. The summed E-state index contributed by atoms with van der Waals surface area (Å²) >= 11 is 0. The van der Waals surface area contributed by atoms with Crippen molar-refractivity contribution >= 4 is 10.9 Å². The molecule has 0 aliphatic carbocycles. The van der Waals surface area contributed by atoms with E-state index in [2.05, 4.69) is 18.2 Å². The van der Waals surface area contributed by atoms with Gasteiger partial charge in [-0.1, -0.05) is 42.5 Å². The molecule has 0 spiro atoms. The molecule has 3 rings (SSSR count). The highest BCUT2D eigenvalue weighted by molar-refractivity contribution is 5.87. The lowest BCUT2D eigenvalue weighted by Gasteiger charge is -2.14. The van der Waals surface area contributed by atoms with Crippen LogP contribution in [0.2, 0.25) is 0 Å². The first-order chi connectivity index (χ1) is 9.74. The summed E-state index contributed by atoms with van der Waals surface area (Å²) in [6, 6.07) is 20.3. The van der Waals surface area contributed by atoms with E-state index in [1.807, 2.05) is 56.3 Å². The molecule has 1 aromatic heterocycles. The minimum absolute atomic E-state index is 0.143. The van der Waals surface area contributed by atoms with E-state index < -0.39 is 0 Å². The molecule has 0 saturated heterocycles. The van der Waals surface area contributed by atoms with Crippen molar-refractivity contribution in [3.63, 3.8) is 0 Å². The van der Waals surface area contributed by atoms with Gasteiger partial charge >= 0.3 is 0 Å². The molecule has 3 aromatic rings. The van der Waals surface area contributed by atoms with Crippen LogP contribution in [0.25, 0.3) is 22.2 Å². The van der Waals surface area contributed by atoms with Gasteiger partial charge < -0.3 is 4.74 Å². The molecular weight excluding hydrogens is 246 g/mol. The van der Waals surface area contributed by atoms with E-state index >= 15 is 0 Å². The number of fused-ring (bicyclic) bond motifs is 1. The van der Waals surface area contributed by atoms with E-state index in [0.717, 1.165) is 27.9 Å². The standard InChI is InChI=1S/C18H17NO/c1-13(2)20-18-12-17(14-8-4-3-5-9-14)19-16-11-7-6-10-15(16)18/h3-13H,1-2H3. The Kier molecular flexibility index (Phi) is 3.38. The van der Waals surface area contributed by atoms with Crippen molar-refractivity contribution < 1.29 is 4.74 Å². The first-order valence-electron chi connectivity index (χ1n) is 6.86. The van der Waals surface area contributed by atoms with Crippen LogP contribution in [0.15, 0.2) is 60.7 Å². The van der Waals surface area contributed by atoms with Crippen LogP contribution in [0.4, 0.5) is 0 Å². The highest BCUT2D eigenvalue weighted by atomic mass is 16.5. The third kappa shape index (κ3) is 2.50. The fraction of sp³-hybridized carbons (Fsp3) is 0.167. The van der Waals surface area contributed by atoms with E-state index in [9.17, 15) is 0 Å². The van der Waals surface area contributed by atoms with E-state index in [1.165, 1.54) is 0 Å². The lowest BCUT2D eigenvalue weighted by molar-refractivity contribution is 0.245. The number of para-hydroxylation sites is 1. The smallest absolute Gasteiger partial charge is 0.131 e. The molecule has 0 radical (unpaired) electrons. The Balaban J connectivity index is 2.20. The van der Waals surface area contributed by atoms with E-state index in [4.69, 9.17) is 9.72 Å². The molecule has 0 atom stereocenters. The zero-order valence-electron chi connectivity index (χ0n) is 11.7. The van der Waals surface area contributed by atoms with Crippen LogP contribution < -0.4 is 4.74 Å². The van der Waals surface area contributed by atoms with Crippen molar-refractivity contribution in [1.29, 1.82) is 0 Å². The van der Waals surface area contributed by atoms with Gasteiger partial charge in [-0.05, 0) is 26.0 Å². The summed E-state index contributed by atoms with van der Waals surface area (Å²) < 4.78 is 5.95. The van der Waals surface area contributed by atoms with E-state index in [1.54, 1.807) is 0 Å². The number of hydrogen-bond donors (Lipinski definition) is 0. The molecule has 2 aromatic carbocycles. The number of nitrogens with zero attached hydrogens (tertiary/aromatic N) is 1. The molecule has 0 aliphatic rings. The Labute approximate surface area is 119 Å².